The van der Waals surface area contributed by atoms with Gasteiger partial charge >= 0.3 is 0 Å². The second-order valence-electron chi connectivity index (χ2n) is 5.22. The fourth-order valence-corrected chi connectivity index (χ4v) is 3.29. The molecule has 19 heavy (non-hydrogen) atoms. The Bertz CT molecular complexity index is 411. The zero-order valence-electron chi connectivity index (χ0n) is 11.9. The van der Waals surface area contributed by atoms with Crippen LogP contribution in [0.25, 0.3) is 0 Å². The van der Waals surface area contributed by atoms with E-state index in [0.29, 0.717) is 18.8 Å². The number of aryl methyl sites for hydroxylation is 2. The quantitative estimate of drug-likeness (QED) is 0.903. The monoisotopic (exact) mass is 329 g/mol. The van der Waals surface area contributed by atoms with Crippen molar-refractivity contribution in [2.75, 3.05) is 0 Å². The minimum Gasteiger partial charge on any atom is -0.372 e. The highest BCUT2D eigenvalue weighted by Crippen LogP contribution is 2.26. The van der Waals surface area contributed by atoms with Gasteiger partial charge in [-0.15, -0.1) is 0 Å². The summed E-state index contributed by atoms with van der Waals surface area (Å²) in [5.41, 5.74) is 8.20. The first-order chi connectivity index (χ1) is 9.15. The summed E-state index contributed by atoms with van der Waals surface area (Å²) in [5.74, 6) is 0. The van der Waals surface area contributed by atoms with Gasteiger partial charge in [0.15, 0.2) is 0 Å². The summed E-state index contributed by atoms with van der Waals surface area (Å²) in [6.07, 6.45) is 5.63. The Morgan fingerprint density at radius 2 is 2.00 bits per heavy atom. The zero-order valence-corrected chi connectivity index (χ0v) is 13.4. The average molecular weight is 330 g/mol. The molecule has 0 aromatic carbocycles. The van der Waals surface area contributed by atoms with Gasteiger partial charge in [-0.2, -0.15) is 5.10 Å². The van der Waals surface area contributed by atoms with Crippen LogP contribution in [0.2, 0.25) is 0 Å². The lowest BCUT2D eigenvalue weighted by Crippen LogP contribution is -2.30. The van der Waals surface area contributed by atoms with Gasteiger partial charge in [0.2, 0.25) is 0 Å². The standard InChI is InChI=1S/C14H24BrN3O/c1-3-12-14(15)13(18(4-2)17-12)9-19-11-7-5-10(16)6-8-11/h10-11H,3-9,16H2,1-2H3. The first kappa shape index (κ1) is 15.0. The fraction of sp³-hybridized carbons (Fsp3) is 0.786. The van der Waals surface area contributed by atoms with E-state index in [4.69, 9.17) is 10.5 Å². The summed E-state index contributed by atoms with van der Waals surface area (Å²) in [6, 6.07) is 0.374. The molecule has 0 atom stereocenters. The van der Waals surface area contributed by atoms with Crippen molar-refractivity contribution in [2.24, 2.45) is 5.73 Å². The number of halogens is 1. The molecular formula is C14H24BrN3O. The molecule has 1 aromatic rings. The Morgan fingerprint density at radius 3 is 2.58 bits per heavy atom. The van der Waals surface area contributed by atoms with E-state index in [9.17, 15) is 0 Å². The molecule has 1 heterocycles. The van der Waals surface area contributed by atoms with Crippen LogP contribution in [0.1, 0.15) is 50.9 Å². The highest BCUT2D eigenvalue weighted by Gasteiger charge is 2.21. The summed E-state index contributed by atoms with van der Waals surface area (Å²) in [5, 5.41) is 4.59. The van der Waals surface area contributed by atoms with Crippen LogP contribution in [0.5, 0.6) is 0 Å². The maximum absolute atomic E-state index is 6.05. The topological polar surface area (TPSA) is 53.1 Å². The molecule has 0 amide bonds. The molecule has 1 aromatic heterocycles. The molecule has 2 N–H and O–H groups in total. The van der Waals surface area contributed by atoms with Crippen LogP contribution in [-0.4, -0.2) is 21.9 Å². The molecule has 0 spiro atoms. The lowest BCUT2D eigenvalue weighted by molar-refractivity contribution is 0.0103. The molecule has 1 aliphatic carbocycles. The molecule has 108 valence electrons. The first-order valence-electron chi connectivity index (χ1n) is 7.26. The summed E-state index contributed by atoms with van der Waals surface area (Å²) in [7, 11) is 0. The lowest BCUT2D eigenvalue weighted by Gasteiger charge is -2.26. The van der Waals surface area contributed by atoms with E-state index in [1.165, 1.54) is 0 Å². The van der Waals surface area contributed by atoms with Crippen LogP contribution in [0.4, 0.5) is 0 Å². The molecule has 5 heteroatoms. The first-order valence-corrected chi connectivity index (χ1v) is 8.06. The molecule has 4 nitrogen and oxygen atoms in total. The van der Waals surface area contributed by atoms with Gasteiger partial charge in [0.25, 0.3) is 0 Å². The second kappa shape index (κ2) is 6.86. The number of nitrogens with two attached hydrogens (primary N) is 1. The third kappa shape index (κ3) is 3.58. The zero-order chi connectivity index (χ0) is 13.8. The van der Waals surface area contributed by atoms with E-state index in [1.54, 1.807) is 0 Å². The van der Waals surface area contributed by atoms with Crippen molar-refractivity contribution >= 4 is 15.9 Å². The molecule has 1 saturated carbocycles. The van der Waals surface area contributed by atoms with E-state index < -0.39 is 0 Å². The Morgan fingerprint density at radius 1 is 1.32 bits per heavy atom. The minimum absolute atomic E-state index is 0.358. The normalized spacial score (nSPS) is 23.8. The van der Waals surface area contributed by atoms with Crippen molar-refractivity contribution in [3.05, 3.63) is 15.9 Å². The van der Waals surface area contributed by atoms with Gasteiger partial charge < -0.3 is 10.5 Å². The molecule has 0 bridgehead atoms. The van der Waals surface area contributed by atoms with Crippen molar-refractivity contribution in [1.29, 1.82) is 0 Å². The Labute approximate surface area is 123 Å². The van der Waals surface area contributed by atoms with E-state index in [1.807, 2.05) is 4.68 Å². The van der Waals surface area contributed by atoms with Gasteiger partial charge in [-0.1, -0.05) is 6.92 Å². The van der Waals surface area contributed by atoms with Gasteiger partial charge in [-0.05, 0) is 55.0 Å². The largest absolute Gasteiger partial charge is 0.372 e. The van der Waals surface area contributed by atoms with Crippen molar-refractivity contribution in [3.63, 3.8) is 0 Å². The smallest absolute Gasteiger partial charge is 0.0900 e. The predicted molar refractivity (Wildman–Crippen MR) is 80.0 cm³/mol. The number of nitrogens with zero attached hydrogens (tertiary/aromatic N) is 2. The molecule has 1 aliphatic rings. The summed E-state index contributed by atoms with van der Waals surface area (Å²) in [6.45, 7) is 5.76. The second-order valence-corrected chi connectivity index (χ2v) is 6.02. The number of hydrogen-bond donors (Lipinski definition) is 1. The van der Waals surface area contributed by atoms with Crippen molar-refractivity contribution in [3.8, 4) is 0 Å². The van der Waals surface area contributed by atoms with E-state index in [2.05, 4.69) is 34.9 Å². The SMILES string of the molecule is CCc1nn(CC)c(COC2CCC(N)CC2)c1Br. The van der Waals surface area contributed by atoms with Crippen LogP contribution in [-0.2, 0) is 24.3 Å². The number of rotatable bonds is 5. The third-order valence-electron chi connectivity index (χ3n) is 3.87. The molecule has 1 fully saturated rings. The van der Waals surface area contributed by atoms with E-state index in [-0.39, 0.29) is 0 Å². The Balaban J connectivity index is 1.97. The maximum atomic E-state index is 6.05. The molecule has 0 unspecified atom stereocenters. The van der Waals surface area contributed by atoms with Crippen LogP contribution >= 0.6 is 15.9 Å². The van der Waals surface area contributed by atoms with Crippen LogP contribution in [0, 0.1) is 0 Å². The van der Waals surface area contributed by atoms with Gasteiger partial charge in [-0.25, -0.2) is 0 Å². The number of hydrogen-bond acceptors (Lipinski definition) is 3. The molecule has 0 aliphatic heterocycles. The number of ether oxygens (including phenoxy) is 1. The van der Waals surface area contributed by atoms with Gasteiger partial charge in [0, 0.05) is 12.6 Å². The Kier molecular flexibility index (Phi) is 5.42. The summed E-state index contributed by atoms with van der Waals surface area (Å²) >= 11 is 3.65. The highest BCUT2D eigenvalue weighted by atomic mass is 79.9. The average Bonchev–Trinajstić information content (AvgIpc) is 2.74. The van der Waals surface area contributed by atoms with Crippen molar-refractivity contribution in [1.82, 2.24) is 9.78 Å². The molecule has 0 radical (unpaired) electrons. The van der Waals surface area contributed by atoms with Crippen LogP contribution in [0.3, 0.4) is 0 Å². The molecule has 2 rings (SSSR count). The maximum Gasteiger partial charge on any atom is 0.0900 e. The molecular weight excluding hydrogens is 306 g/mol. The third-order valence-corrected chi connectivity index (χ3v) is 4.78. The van der Waals surface area contributed by atoms with E-state index in [0.717, 1.165) is 54.5 Å². The summed E-state index contributed by atoms with van der Waals surface area (Å²) in [4.78, 5) is 0. The van der Waals surface area contributed by atoms with E-state index >= 15 is 0 Å². The van der Waals surface area contributed by atoms with Gasteiger partial charge in [0.1, 0.15) is 0 Å². The van der Waals surface area contributed by atoms with Gasteiger partial charge in [-0.3, -0.25) is 4.68 Å². The van der Waals surface area contributed by atoms with Gasteiger partial charge in [0.05, 0.1) is 28.6 Å². The van der Waals surface area contributed by atoms with Crippen molar-refractivity contribution < 1.29 is 4.74 Å². The highest BCUT2D eigenvalue weighted by molar-refractivity contribution is 9.10. The number of aromatic nitrogens is 2. The van der Waals surface area contributed by atoms with Crippen LogP contribution < -0.4 is 5.73 Å². The molecule has 0 saturated heterocycles. The fourth-order valence-electron chi connectivity index (χ4n) is 2.61. The minimum atomic E-state index is 0.358. The Hall–Kier alpha value is -0.390. The van der Waals surface area contributed by atoms with Crippen LogP contribution in [0.15, 0.2) is 4.47 Å². The van der Waals surface area contributed by atoms with Crippen molar-refractivity contribution in [2.45, 2.75) is 71.2 Å². The predicted octanol–water partition coefficient (Wildman–Crippen LogP) is 3.01. The summed E-state index contributed by atoms with van der Waals surface area (Å²) < 4.78 is 9.21. The lowest BCUT2D eigenvalue weighted by atomic mass is 9.94.